The van der Waals surface area contributed by atoms with Crippen molar-refractivity contribution in [1.82, 2.24) is 9.03 Å². The monoisotopic (exact) mass is 317 g/mol. The third kappa shape index (κ3) is 5.75. The number of rotatable bonds is 8. The predicted octanol–water partition coefficient (Wildman–Crippen LogP) is 1.40. The first-order valence-electron chi connectivity index (χ1n) is 5.92. The molecule has 0 atom stereocenters. The summed E-state index contributed by atoms with van der Waals surface area (Å²) in [6.45, 7) is 0.499. The Morgan fingerprint density at radius 1 is 1.40 bits per heavy atom. The lowest BCUT2D eigenvalue weighted by atomic mass is 10.3. The first kappa shape index (κ1) is 16.7. The number of hydrogen-bond donors (Lipinski definition) is 1. The third-order valence-corrected chi connectivity index (χ3v) is 4.24. The molecule has 0 saturated heterocycles. The van der Waals surface area contributed by atoms with Crippen LogP contribution < -0.4 is 9.46 Å². The van der Waals surface area contributed by atoms with Gasteiger partial charge in [0.2, 0.25) is 0 Å². The Kier molecular flexibility index (Phi) is 6.75. The summed E-state index contributed by atoms with van der Waals surface area (Å²) in [5, 5.41) is 9.03. The van der Waals surface area contributed by atoms with Gasteiger partial charge in [-0.25, -0.2) is 0 Å². The van der Waals surface area contributed by atoms with E-state index >= 15 is 0 Å². The highest BCUT2D eigenvalue weighted by Gasteiger charge is 2.15. The van der Waals surface area contributed by atoms with Gasteiger partial charge in [-0.15, -0.1) is 0 Å². The highest BCUT2D eigenvalue weighted by atomic mass is 35.5. The molecule has 6 nitrogen and oxygen atoms in total. The minimum absolute atomic E-state index is 0.141. The van der Waals surface area contributed by atoms with Gasteiger partial charge in [0.05, 0.1) is 6.07 Å². The molecule has 1 N–H and O–H groups in total. The van der Waals surface area contributed by atoms with Crippen LogP contribution in [0.5, 0.6) is 5.75 Å². The van der Waals surface area contributed by atoms with Crippen molar-refractivity contribution in [2.75, 3.05) is 26.7 Å². The second-order valence-electron chi connectivity index (χ2n) is 3.93. The summed E-state index contributed by atoms with van der Waals surface area (Å²) in [6.07, 6.45) is 0.151. The molecule has 110 valence electrons. The van der Waals surface area contributed by atoms with Gasteiger partial charge < -0.3 is 4.74 Å². The Morgan fingerprint density at radius 3 is 2.65 bits per heavy atom. The zero-order valence-corrected chi connectivity index (χ0v) is 12.6. The molecule has 1 aromatic carbocycles. The lowest BCUT2D eigenvalue weighted by Crippen LogP contribution is -2.40. The maximum absolute atomic E-state index is 11.7. The van der Waals surface area contributed by atoms with E-state index < -0.39 is 10.2 Å². The van der Waals surface area contributed by atoms with Crippen molar-refractivity contribution in [3.63, 3.8) is 0 Å². The van der Waals surface area contributed by atoms with Gasteiger partial charge in [0.1, 0.15) is 12.4 Å². The van der Waals surface area contributed by atoms with Crippen LogP contribution in [0.2, 0.25) is 5.02 Å². The number of halogens is 1. The van der Waals surface area contributed by atoms with Crippen molar-refractivity contribution in [2.24, 2.45) is 0 Å². The van der Waals surface area contributed by atoms with E-state index in [9.17, 15) is 8.42 Å². The minimum atomic E-state index is -3.56. The molecule has 0 heterocycles. The summed E-state index contributed by atoms with van der Waals surface area (Å²) in [6, 6.07) is 8.69. The summed E-state index contributed by atoms with van der Waals surface area (Å²) in [7, 11) is -2.15. The molecule has 20 heavy (non-hydrogen) atoms. The van der Waals surface area contributed by atoms with Gasteiger partial charge >= 0.3 is 0 Å². The number of nitrogens with zero attached hydrogens (tertiary/aromatic N) is 2. The van der Waals surface area contributed by atoms with Gasteiger partial charge in [0.25, 0.3) is 10.2 Å². The predicted molar refractivity (Wildman–Crippen MR) is 76.7 cm³/mol. The van der Waals surface area contributed by atoms with E-state index in [-0.39, 0.29) is 26.1 Å². The molecule has 0 spiro atoms. The molecule has 0 bridgehead atoms. The molecule has 0 aliphatic rings. The van der Waals surface area contributed by atoms with Crippen molar-refractivity contribution >= 4 is 21.8 Å². The molecule has 1 rings (SSSR count). The summed E-state index contributed by atoms with van der Waals surface area (Å²) < 4.78 is 32.3. The molecule has 0 amide bonds. The molecule has 0 aliphatic heterocycles. The first-order valence-corrected chi connectivity index (χ1v) is 7.74. The van der Waals surface area contributed by atoms with Gasteiger partial charge in [0.15, 0.2) is 0 Å². The lowest BCUT2D eigenvalue weighted by molar-refractivity contribution is 0.321. The van der Waals surface area contributed by atoms with Crippen molar-refractivity contribution < 1.29 is 13.2 Å². The zero-order valence-electron chi connectivity index (χ0n) is 11.0. The maximum Gasteiger partial charge on any atom is 0.279 e. The average molecular weight is 318 g/mol. The zero-order chi connectivity index (χ0) is 15.0. The van der Waals surface area contributed by atoms with E-state index in [0.29, 0.717) is 10.8 Å². The minimum Gasteiger partial charge on any atom is -0.492 e. The average Bonchev–Trinajstić information content (AvgIpc) is 2.42. The fourth-order valence-electron chi connectivity index (χ4n) is 1.31. The number of benzene rings is 1. The van der Waals surface area contributed by atoms with E-state index in [0.717, 1.165) is 4.31 Å². The molecule has 1 aromatic rings. The van der Waals surface area contributed by atoms with Crippen LogP contribution in [0.3, 0.4) is 0 Å². The molecular formula is C12H16ClN3O3S. The highest BCUT2D eigenvalue weighted by Crippen LogP contribution is 2.15. The van der Waals surface area contributed by atoms with E-state index in [1.807, 2.05) is 6.07 Å². The Morgan fingerprint density at radius 2 is 2.05 bits per heavy atom. The Hall–Kier alpha value is -1.33. The standard InChI is InChI=1S/C12H16ClN3O3S/c1-16(9-2-7-14)20(17,18)15-8-10-19-12-5-3-11(13)4-6-12/h3-6,15H,2,8-10H2,1H3. The Bertz CT molecular complexity index is 554. The van der Waals surface area contributed by atoms with Crippen LogP contribution in [0.15, 0.2) is 24.3 Å². The van der Waals surface area contributed by atoms with E-state index in [4.69, 9.17) is 21.6 Å². The van der Waals surface area contributed by atoms with Crippen molar-refractivity contribution in [2.45, 2.75) is 6.42 Å². The summed E-state index contributed by atoms with van der Waals surface area (Å²) in [4.78, 5) is 0. The Balaban J connectivity index is 2.33. The summed E-state index contributed by atoms with van der Waals surface area (Å²) in [5.41, 5.74) is 0. The summed E-state index contributed by atoms with van der Waals surface area (Å²) in [5.74, 6) is 0.617. The molecule has 0 fully saturated rings. The second-order valence-corrected chi connectivity index (χ2v) is 6.23. The van der Waals surface area contributed by atoms with E-state index in [1.165, 1.54) is 7.05 Å². The molecular weight excluding hydrogens is 302 g/mol. The third-order valence-electron chi connectivity index (χ3n) is 2.42. The highest BCUT2D eigenvalue weighted by molar-refractivity contribution is 7.87. The molecule has 0 saturated carbocycles. The number of nitrogens with one attached hydrogen (secondary N) is 1. The SMILES string of the molecule is CN(CCC#N)S(=O)(=O)NCCOc1ccc(Cl)cc1. The van der Waals surface area contributed by atoms with Crippen LogP contribution in [0.25, 0.3) is 0 Å². The van der Waals surface area contributed by atoms with Crippen LogP contribution in [-0.2, 0) is 10.2 Å². The van der Waals surface area contributed by atoms with Gasteiger partial charge in [-0.1, -0.05) is 11.6 Å². The topological polar surface area (TPSA) is 82.4 Å². The smallest absolute Gasteiger partial charge is 0.279 e. The van der Waals surface area contributed by atoms with Crippen LogP contribution in [0, 0.1) is 11.3 Å². The Labute approximate surface area is 124 Å². The molecule has 0 radical (unpaired) electrons. The van der Waals surface area contributed by atoms with Crippen molar-refractivity contribution in [3.05, 3.63) is 29.3 Å². The number of hydrogen-bond acceptors (Lipinski definition) is 4. The maximum atomic E-state index is 11.7. The first-order chi connectivity index (χ1) is 9.45. The van der Waals surface area contributed by atoms with E-state index in [1.54, 1.807) is 24.3 Å². The lowest BCUT2D eigenvalue weighted by Gasteiger charge is -2.16. The largest absolute Gasteiger partial charge is 0.492 e. The van der Waals surface area contributed by atoms with Crippen molar-refractivity contribution in [1.29, 1.82) is 5.26 Å². The molecule has 0 aromatic heterocycles. The van der Waals surface area contributed by atoms with Crippen molar-refractivity contribution in [3.8, 4) is 11.8 Å². The number of nitriles is 1. The van der Waals surface area contributed by atoms with Crippen LogP contribution in [-0.4, -0.2) is 39.5 Å². The fourth-order valence-corrected chi connectivity index (χ4v) is 2.33. The quantitative estimate of drug-likeness (QED) is 0.735. The van der Waals surface area contributed by atoms with Crippen LogP contribution in [0.4, 0.5) is 0 Å². The van der Waals surface area contributed by atoms with E-state index in [2.05, 4.69) is 4.72 Å². The van der Waals surface area contributed by atoms with Crippen LogP contribution >= 0.6 is 11.6 Å². The fraction of sp³-hybridized carbons (Fsp3) is 0.417. The molecule has 0 unspecified atom stereocenters. The summed E-state index contributed by atoms with van der Waals surface area (Å²) >= 11 is 5.73. The van der Waals surface area contributed by atoms with Gasteiger partial charge in [0, 0.05) is 31.6 Å². The molecule has 0 aliphatic carbocycles. The van der Waals surface area contributed by atoms with Gasteiger partial charge in [-0.2, -0.15) is 22.7 Å². The van der Waals surface area contributed by atoms with Gasteiger partial charge in [-0.05, 0) is 24.3 Å². The van der Waals surface area contributed by atoms with Gasteiger partial charge in [-0.3, -0.25) is 0 Å². The second kappa shape index (κ2) is 8.07. The normalized spacial score (nSPS) is 11.3. The number of ether oxygens (including phenoxy) is 1. The van der Waals surface area contributed by atoms with Crippen LogP contribution in [0.1, 0.15) is 6.42 Å². The molecule has 8 heteroatoms.